The summed E-state index contributed by atoms with van der Waals surface area (Å²) in [5, 5.41) is 7.51. The van der Waals surface area contributed by atoms with Crippen molar-refractivity contribution in [2.75, 3.05) is 32.8 Å². The highest BCUT2D eigenvalue weighted by Crippen LogP contribution is 2.18. The first kappa shape index (κ1) is 20.1. The molecular weight excluding hydrogens is 344 g/mol. The maximum Gasteiger partial charge on any atom is 0.194 e. The van der Waals surface area contributed by atoms with Gasteiger partial charge in [-0.3, -0.25) is 0 Å². The van der Waals surface area contributed by atoms with Crippen LogP contribution in [0.5, 0.6) is 0 Å². The highest BCUT2D eigenvalue weighted by molar-refractivity contribution is 5.80. The highest BCUT2D eigenvalue weighted by atomic mass is 16.5. The fourth-order valence-corrected chi connectivity index (χ4v) is 3.51. The molecule has 0 saturated carbocycles. The fourth-order valence-electron chi connectivity index (χ4n) is 3.51. The molecule has 0 bridgehead atoms. The van der Waals surface area contributed by atoms with Crippen LogP contribution in [0.25, 0.3) is 0 Å². The zero-order valence-corrected chi connectivity index (χ0v) is 16.9. The topological polar surface area (TPSA) is 72.1 Å². The predicted octanol–water partition coefficient (Wildman–Crippen LogP) is 2.92. The van der Waals surface area contributed by atoms with Gasteiger partial charge in [0.25, 0.3) is 0 Å². The van der Waals surface area contributed by atoms with Gasteiger partial charge in [-0.1, -0.05) is 19.0 Å². The summed E-state index contributed by atoms with van der Waals surface area (Å²) in [4.78, 5) is 7.07. The first-order valence-corrected chi connectivity index (χ1v) is 10.4. The Morgan fingerprint density at radius 2 is 2.19 bits per heavy atom. The van der Waals surface area contributed by atoms with Crippen LogP contribution in [0, 0.1) is 0 Å². The van der Waals surface area contributed by atoms with E-state index in [1.54, 1.807) is 0 Å². The Kier molecular flexibility index (Phi) is 7.52. The maximum absolute atomic E-state index is 6.07. The van der Waals surface area contributed by atoms with Crippen LogP contribution >= 0.6 is 0 Å². The molecule has 0 amide bonds. The predicted molar refractivity (Wildman–Crippen MR) is 105 cm³/mol. The smallest absolute Gasteiger partial charge is 0.194 e. The van der Waals surface area contributed by atoms with E-state index in [0.29, 0.717) is 24.7 Å². The second kappa shape index (κ2) is 10.1. The number of nitrogens with zero attached hydrogens (tertiary/aromatic N) is 3. The number of guanidine groups is 1. The number of hydrogen-bond donors (Lipinski definition) is 1. The third-order valence-electron chi connectivity index (χ3n) is 5.17. The van der Waals surface area contributed by atoms with E-state index in [2.05, 4.69) is 36.1 Å². The van der Waals surface area contributed by atoms with Crippen LogP contribution in [0.3, 0.4) is 0 Å². The summed E-state index contributed by atoms with van der Waals surface area (Å²) in [7, 11) is 0. The lowest BCUT2D eigenvalue weighted by Crippen LogP contribution is -2.47. The normalized spacial score (nSPS) is 22.0. The van der Waals surface area contributed by atoms with Crippen molar-refractivity contribution < 1.29 is 14.0 Å². The van der Waals surface area contributed by atoms with Gasteiger partial charge < -0.3 is 24.2 Å². The van der Waals surface area contributed by atoms with Crippen LogP contribution in [-0.4, -0.2) is 61.1 Å². The van der Waals surface area contributed by atoms with Crippen molar-refractivity contribution in [1.82, 2.24) is 15.4 Å². The molecule has 7 nitrogen and oxygen atoms in total. The summed E-state index contributed by atoms with van der Waals surface area (Å²) in [6.07, 6.45) is 4.99. The molecule has 2 fully saturated rings. The first-order valence-electron chi connectivity index (χ1n) is 10.4. The third kappa shape index (κ3) is 5.94. The molecule has 1 unspecified atom stereocenters. The Balaban J connectivity index is 1.47. The molecule has 1 N–H and O–H groups in total. The quantitative estimate of drug-likeness (QED) is 0.581. The second-order valence-electron chi connectivity index (χ2n) is 7.70. The van der Waals surface area contributed by atoms with E-state index >= 15 is 0 Å². The van der Waals surface area contributed by atoms with Gasteiger partial charge in [-0.25, -0.2) is 4.99 Å². The molecule has 1 aromatic heterocycles. The lowest BCUT2D eigenvalue weighted by atomic mass is 10.1. The molecule has 1 aromatic rings. The number of piperidine rings is 1. The van der Waals surface area contributed by atoms with Crippen LogP contribution in [0.15, 0.2) is 15.6 Å². The van der Waals surface area contributed by atoms with Crippen molar-refractivity contribution in [3.8, 4) is 0 Å². The molecule has 2 aliphatic rings. The molecule has 0 aromatic carbocycles. The number of aliphatic imine (C=N–C) groups is 1. The highest BCUT2D eigenvalue weighted by Gasteiger charge is 2.24. The lowest BCUT2D eigenvalue weighted by Gasteiger charge is -2.34. The molecule has 0 aliphatic carbocycles. The molecule has 1 atom stereocenters. The maximum atomic E-state index is 6.07. The van der Waals surface area contributed by atoms with Gasteiger partial charge in [-0.15, -0.1) is 0 Å². The largest absolute Gasteiger partial charge is 0.376 e. The lowest BCUT2D eigenvalue weighted by molar-refractivity contribution is -0.0367. The van der Waals surface area contributed by atoms with Crippen LogP contribution in [-0.2, 0) is 16.0 Å². The SMILES string of the molecule is CCNC(=NCc1cc(C(C)C)no1)N1CCC(OCC2CCCO2)CC1. The van der Waals surface area contributed by atoms with Crippen LogP contribution < -0.4 is 5.32 Å². The molecule has 152 valence electrons. The Morgan fingerprint density at radius 1 is 1.37 bits per heavy atom. The molecule has 3 heterocycles. The minimum absolute atomic E-state index is 0.305. The number of hydrogen-bond acceptors (Lipinski definition) is 5. The summed E-state index contributed by atoms with van der Waals surface area (Å²) in [5.41, 5.74) is 0.981. The molecule has 27 heavy (non-hydrogen) atoms. The molecule has 2 saturated heterocycles. The fraction of sp³-hybridized carbons (Fsp3) is 0.800. The van der Waals surface area contributed by atoms with E-state index in [0.717, 1.165) is 69.5 Å². The van der Waals surface area contributed by atoms with Crippen molar-refractivity contribution in [2.45, 2.75) is 71.1 Å². The van der Waals surface area contributed by atoms with Gasteiger partial charge in [0.1, 0.15) is 6.54 Å². The Morgan fingerprint density at radius 3 is 2.81 bits per heavy atom. The second-order valence-corrected chi connectivity index (χ2v) is 7.70. The summed E-state index contributed by atoms with van der Waals surface area (Å²) in [6.45, 7) is 11.2. The van der Waals surface area contributed by atoms with Crippen molar-refractivity contribution >= 4 is 5.96 Å². The van der Waals surface area contributed by atoms with E-state index in [9.17, 15) is 0 Å². The minimum Gasteiger partial charge on any atom is -0.376 e. The third-order valence-corrected chi connectivity index (χ3v) is 5.17. The van der Waals surface area contributed by atoms with E-state index < -0.39 is 0 Å². The monoisotopic (exact) mass is 378 g/mol. The molecule has 3 rings (SSSR count). The zero-order valence-electron chi connectivity index (χ0n) is 16.9. The number of rotatable bonds is 7. The summed E-state index contributed by atoms with van der Waals surface area (Å²) >= 11 is 0. The molecular formula is C20H34N4O3. The van der Waals surface area contributed by atoms with Gasteiger partial charge in [-0.05, 0) is 38.5 Å². The van der Waals surface area contributed by atoms with Crippen LogP contribution in [0.1, 0.15) is 63.8 Å². The van der Waals surface area contributed by atoms with E-state index in [1.807, 2.05) is 6.07 Å². The molecule has 0 radical (unpaired) electrons. The van der Waals surface area contributed by atoms with Crippen molar-refractivity contribution in [1.29, 1.82) is 0 Å². The van der Waals surface area contributed by atoms with Gasteiger partial charge in [0.15, 0.2) is 11.7 Å². The summed E-state index contributed by atoms with van der Waals surface area (Å²) in [5.74, 6) is 2.12. The van der Waals surface area contributed by atoms with Gasteiger partial charge in [-0.2, -0.15) is 0 Å². The van der Waals surface area contributed by atoms with Crippen LogP contribution in [0.4, 0.5) is 0 Å². The summed E-state index contributed by atoms with van der Waals surface area (Å²) < 4.78 is 17.1. The van der Waals surface area contributed by atoms with Gasteiger partial charge in [0.2, 0.25) is 0 Å². The standard InChI is InChI=1S/C20H34N4O3/c1-4-21-20(22-13-18-12-19(15(2)3)23-27-18)24-9-7-16(8-10-24)26-14-17-6-5-11-25-17/h12,15-17H,4-11,13-14H2,1-3H3,(H,21,22). The van der Waals surface area contributed by atoms with Gasteiger partial charge in [0, 0.05) is 32.3 Å². The molecule has 2 aliphatic heterocycles. The Bertz CT molecular complexity index is 588. The van der Waals surface area contributed by atoms with E-state index in [1.165, 1.54) is 6.42 Å². The first-order chi connectivity index (χ1) is 13.2. The Hall–Kier alpha value is -1.60. The molecule has 7 heteroatoms. The zero-order chi connectivity index (χ0) is 19.1. The van der Waals surface area contributed by atoms with Crippen molar-refractivity contribution in [3.05, 3.63) is 17.5 Å². The number of aromatic nitrogens is 1. The van der Waals surface area contributed by atoms with Crippen molar-refractivity contribution in [2.24, 2.45) is 4.99 Å². The van der Waals surface area contributed by atoms with Crippen molar-refractivity contribution in [3.63, 3.8) is 0 Å². The van der Waals surface area contributed by atoms with E-state index in [-0.39, 0.29) is 0 Å². The van der Waals surface area contributed by atoms with Crippen LogP contribution in [0.2, 0.25) is 0 Å². The summed E-state index contributed by atoms with van der Waals surface area (Å²) in [6, 6.07) is 2.00. The number of ether oxygens (including phenoxy) is 2. The average Bonchev–Trinajstić information content (AvgIpc) is 3.36. The van der Waals surface area contributed by atoms with Gasteiger partial charge >= 0.3 is 0 Å². The van der Waals surface area contributed by atoms with E-state index in [4.69, 9.17) is 19.0 Å². The minimum atomic E-state index is 0.305. The molecule has 0 spiro atoms. The number of likely N-dealkylation sites (tertiary alicyclic amines) is 1. The average molecular weight is 379 g/mol. The number of nitrogens with one attached hydrogen (secondary N) is 1. The van der Waals surface area contributed by atoms with Gasteiger partial charge in [0.05, 0.1) is 24.5 Å². The Labute approximate surface area is 162 Å².